The van der Waals surface area contributed by atoms with Gasteiger partial charge in [-0.15, -0.1) is 0 Å². The Hall–Kier alpha value is -1.39. The van der Waals surface area contributed by atoms with E-state index in [4.69, 9.17) is 11.6 Å². The zero-order valence-corrected chi connectivity index (χ0v) is 13.4. The van der Waals surface area contributed by atoms with Crippen LogP contribution in [0.25, 0.3) is 17.1 Å². The minimum atomic E-state index is 0.462. The summed E-state index contributed by atoms with van der Waals surface area (Å²) in [4.78, 5) is 4.47. The van der Waals surface area contributed by atoms with Crippen LogP contribution in [0.2, 0.25) is 5.15 Å². The molecule has 0 saturated heterocycles. The predicted octanol–water partition coefficient (Wildman–Crippen LogP) is 3.19. The highest BCUT2D eigenvalue weighted by molar-refractivity contribution is 6.31. The molecule has 2 rings (SSSR count). The minimum absolute atomic E-state index is 0.462. The van der Waals surface area contributed by atoms with Crippen molar-refractivity contribution in [3.05, 3.63) is 28.0 Å². The van der Waals surface area contributed by atoms with E-state index in [1.54, 1.807) is 4.68 Å². The third kappa shape index (κ3) is 2.86. The molecule has 108 valence electrons. The monoisotopic (exact) mass is 292 g/mol. The Bertz CT molecular complexity index is 655. The van der Waals surface area contributed by atoms with Gasteiger partial charge in [-0.1, -0.05) is 37.1 Å². The number of aromatic nitrogens is 3. The van der Waals surface area contributed by atoms with Crippen molar-refractivity contribution in [1.29, 1.82) is 0 Å². The molecule has 0 unspecified atom stereocenters. The zero-order chi connectivity index (χ0) is 14.9. The fourth-order valence-electron chi connectivity index (χ4n) is 2.26. The van der Waals surface area contributed by atoms with E-state index in [0.29, 0.717) is 11.1 Å². The van der Waals surface area contributed by atoms with Crippen LogP contribution in [0, 0.1) is 12.8 Å². The standard InChI is InChI=1S/C15H21ClN4/c1-9(2)12(8-17-4)6-11-7-13-10(3)19-20(5)15(13)18-14(11)16/h6-7,9,17H,8H2,1-5H3. The summed E-state index contributed by atoms with van der Waals surface area (Å²) in [5.41, 5.74) is 4.05. The Balaban J connectivity index is 2.56. The van der Waals surface area contributed by atoms with E-state index in [1.165, 1.54) is 5.57 Å². The number of hydrogen-bond acceptors (Lipinski definition) is 3. The lowest BCUT2D eigenvalue weighted by molar-refractivity contribution is 0.713. The van der Waals surface area contributed by atoms with Gasteiger partial charge in [-0.05, 0) is 26.0 Å². The summed E-state index contributed by atoms with van der Waals surface area (Å²) in [6.07, 6.45) is 2.13. The SMILES string of the molecule is CNCC(=Cc1cc2c(C)nn(C)c2nc1Cl)C(C)C. The molecule has 0 radical (unpaired) electrons. The average molecular weight is 293 g/mol. The maximum absolute atomic E-state index is 6.32. The van der Waals surface area contributed by atoms with Gasteiger partial charge < -0.3 is 5.32 Å². The zero-order valence-electron chi connectivity index (χ0n) is 12.7. The minimum Gasteiger partial charge on any atom is -0.316 e. The highest BCUT2D eigenvalue weighted by Crippen LogP contribution is 2.25. The number of fused-ring (bicyclic) bond motifs is 1. The van der Waals surface area contributed by atoms with Crippen LogP contribution in [0.4, 0.5) is 0 Å². The smallest absolute Gasteiger partial charge is 0.159 e. The van der Waals surface area contributed by atoms with Gasteiger partial charge in [0.25, 0.3) is 0 Å². The van der Waals surface area contributed by atoms with Crippen molar-refractivity contribution < 1.29 is 0 Å². The molecule has 0 aliphatic rings. The van der Waals surface area contributed by atoms with Crippen LogP contribution in [-0.4, -0.2) is 28.4 Å². The van der Waals surface area contributed by atoms with Crippen LogP contribution in [0.15, 0.2) is 11.6 Å². The molecule has 20 heavy (non-hydrogen) atoms. The lowest BCUT2D eigenvalue weighted by atomic mass is 10.0. The maximum Gasteiger partial charge on any atom is 0.159 e. The molecule has 0 bridgehead atoms. The van der Waals surface area contributed by atoms with Gasteiger partial charge >= 0.3 is 0 Å². The third-order valence-corrected chi connectivity index (χ3v) is 3.75. The van der Waals surface area contributed by atoms with Gasteiger partial charge in [0.1, 0.15) is 5.15 Å². The summed E-state index contributed by atoms with van der Waals surface area (Å²) < 4.78 is 1.76. The fourth-order valence-corrected chi connectivity index (χ4v) is 2.45. The summed E-state index contributed by atoms with van der Waals surface area (Å²) in [6.45, 7) is 7.19. The second-order valence-corrected chi connectivity index (χ2v) is 5.71. The molecule has 2 heterocycles. The topological polar surface area (TPSA) is 42.7 Å². The molecule has 0 saturated carbocycles. The van der Waals surface area contributed by atoms with E-state index in [1.807, 2.05) is 21.0 Å². The van der Waals surface area contributed by atoms with Crippen molar-refractivity contribution in [3.63, 3.8) is 0 Å². The van der Waals surface area contributed by atoms with Gasteiger partial charge in [0.15, 0.2) is 5.65 Å². The fraction of sp³-hybridized carbons (Fsp3) is 0.467. The number of rotatable bonds is 4. The molecular weight excluding hydrogens is 272 g/mol. The van der Waals surface area contributed by atoms with E-state index in [-0.39, 0.29) is 0 Å². The summed E-state index contributed by atoms with van der Waals surface area (Å²) in [7, 11) is 3.83. The molecule has 2 aromatic heterocycles. The van der Waals surface area contributed by atoms with Gasteiger partial charge in [0, 0.05) is 24.5 Å². The Kier molecular flexibility index (Phi) is 4.45. The molecule has 0 amide bonds. The van der Waals surface area contributed by atoms with E-state index in [0.717, 1.165) is 28.8 Å². The summed E-state index contributed by atoms with van der Waals surface area (Å²) in [6, 6.07) is 2.07. The lowest BCUT2D eigenvalue weighted by Gasteiger charge is -2.11. The first-order valence-electron chi connectivity index (χ1n) is 6.79. The van der Waals surface area contributed by atoms with Gasteiger partial charge in [-0.2, -0.15) is 5.10 Å². The molecule has 1 N–H and O–H groups in total. The largest absolute Gasteiger partial charge is 0.316 e. The molecule has 0 aliphatic heterocycles. The van der Waals surface area contributed by atoms with Crippen LogP contribution in [0.5, 0.6) is 0 Å². The molecule has 0 aliphatic carbocycles. The Morgan fingerprint density at radius 1 is 1.50 bits per heavy atom. The quantitative estimate of drug-likeness (QED) is 0.880. The number of likely N-dealkylation sites (N-methyl/N-ethyl adjacent to an activating group) is 1. The second-order valence-electron chi connectivity index (χ2n) is 5.35. The molecule has 0 spiro atoms. The van der Waals surface area contributed by atoms with Crippen LogP contribution < -0.4 is 5.32 Å². The maximum atomic E-state index is 6.32. The summed E-state index contributed by atoms with van der Waals surface area (Å²) in [5, 5.41) is 9.15. The number of aryl methyl sites for hydroxylation is 2. The van der Waals surface area contributed by atoms with Gasteiger partial charge in [0.2, 0.25) is 0 Å². The van der Waals surface area contributed by atoms with E-state index in [9.17, 15) is 0 Å². The van der Waals surface area contributed by atoms with Crippen molar-refractivity contribution in [2.24, 2.45) is 13.0 Å². The van der Waals surface area contributed by atoms with Gasteiger partial charge in [0.05, 0.1) is 5.69 Å². The first kappa shape index (κ1) is 15.0. The first-order valence-corrected chi connectivity index (χ1v) is 7.16. The van der Waals surface area contributed by atoms with Crippen molar-refractivity contribution >= 4 is 28.7 Å². The summed E-state index contributed by atoms with van der Waals surface area (Å²) >= 11 is 6.32. The molecule has 0 atom stereocenters. The van der Waals surface area contributed by atoms with E-state index < -0.39 is 0 Å². The van der Waals surface area contributed by atoms with Crippen LogP contribution in [0.3, 0.4) is 0 Å². The molecule has 4 nitrogen and oxygen atoms in total. The lowest BCUT2D eigenvalue weighted by Crippen LogP contribution is -2.13. The van der Waals surface area contributed by atoms with Crippen molar-refractivity contribution in [3.8, 4) is 0 Å². The molecule has 0 aromatic carbocycles. The summed E-state index contributed by atoms with van der Waals surface area (Å²) in [5.74, 6) is 0.462. The van der Waals surface area contributed by atoms with Crippen LogP contribution in [-0.2, 0) is 7.05 Å². The van der Waals surface area contributed by atoms with Crippen molar-refractivity contribution in [2.75, 3.05) is 13.6 Å². The number of hydrogen-bond donors (Lipinski definition) is 1. The van der Waals surface area contributed by atoms with Crippen molar-refractivity contribution in [1.82, 2.24) is 20.1 Å². The first-order chi connectivity index (χ1) is 9.43. The Morgan fingerprint density at radius 2 is 2.20 bits per heavy atom. The molecule has 5 heteroatoms. The molecule has 0 fully saturated rings. The van der Waals surface area contributed by atoms with Crippen molar-refractivity contribution in [2.45, 2.75) is 20.8 Å². The van der Waals surface area contributed by atoms with Crippen LogP contribution in [0.1, 0.15) is 25.1 Å². The average Bonchev–Trinajstić information content (AvgIpc) is 2.64. The van der Waals surface area contributed by atoms with Crippen LogP contribution >= 0.6 is 11.6 Å². The second kappa shape index (κ2) is 5.94. The predicted molar refractivity (Wildman–Crippen MR) is 85.0 cm³/mol. The van der Waals surface area contributed by atoms with Gasteiger partial charge in [-0.25, -0.2) is 4.98 Å². The highest BCUT2D eigenvalue weighted by Gasteiger charge is 2.11. The number of nitrogens with one attached hydrogen (secondary N) is 1. The third-order valence-electron chi connectivity index (χ3n) is 3.44. The molecular formula is C15H21ClN4. The Morgan fingerprint density at radius 3 is 2.80 bits per heavy atom. The number of pyridine rings is 1. The van der Waals surface area contributed by atoms with E-state index >= 15 is 0 Å². The molecule has 2 aromatic rings. The van der Waals surface area contributed by atoms with E-state index in [2.05, 4.69) is 41.4 Å². The normalized spacial score (nSPS) is 12.7. The number of halogens is 1. The highest BCUT2D eigenvalue weighted by atomic mass is 35.5. The van der Waals surface area contributed by atoms with Gasteiger partial charge in [-0.3, -0.25) is 4.68 Å². The Labute approximate surface area is 124 Å². The number of nitrogens with zero attached hydrogens (tertiary/aromatic N) is 3.